The molecule has 0 unspecified atom stereocenters. The van der Waals surface area contributed by atoms with Crippen molar-refractivity contribution in [3.63, 3.8) is 0 Å². The zero-order valence-corrected chi connectivity index (χ0v) is 21.3. The van der Waals surface area contributed by atoms with E-state index in [1.165, 1.54) is 21.8 Å². The number of hydrogen-bond acceptors (Lipinski definition) is 5. The number of aromatic nitrogens is 1. The van der Waals surface area contributed by atoms with Crippen molar-refractivity contribution in [2.45, 2.75) is 13.3 Å². The molecule has 2 heterocycles. The number of thiazole rings is 1. The first-order valence-electron chi connectivity index (χ1n) is 11.7. The molecule has 0 saturated heterocycles. The number of carbonyl (C=O) groups is 1. The third-order valence-electron chi connectivity index (χ3n) is 6.31. The summed E-state index contributed by atoms with van der Waals surface area (Å²) in [6, 6.07) is 21.1. The summed E-state index contributed by atoms with van der Waals surface area (Å²) >= 11 is 1.23. The van der Waals surface area contributed by atoms with Gasteiger partial charge in [-0.3, -0.25) is 9.20 Å². The number of aryl methyl sites for hydroxylation is 1. The van der Waals surface area contributed by atoms with Crippen LogP contribution in [0.25, 0.3) is 26.0 Å². The molecule has 0 aliphatic rings. The van der Waals surface area contributed by atoms with Gasteiger partial charge in [-0.15, -0.1) is 11.3 Å². The molecule has 5 rings (SSSR count). The lowest BCUT2D eigenvalue weighted by molar-refractivity contribution is 0.0690. The van der Waals surface area contributed by atoms with E-state index in [2.05, 4.69) is 24.8 Å². The van der Waals surface area contributed by atoms with E-state index >= 15 is 0 Å². The Morgan fingerprint density at radius 1 is 1.08 bits per heavy atom. The van der Waals surface area contributed by atoms with Crippen LogP contribution in [-0.4, -0.2) is 29.2 Å². The molecule has 0 radical (unpaired) electrons. The van der Waals surface area contributed by atoms with Crippen LogP contribution < -0.4 is 15.0 Å². The van der Waals surface area contributed by atoms with Gasteiger partial charge in [-0.2, -0.15) is 0 Å². The molecule has 5 aromatic rings. The van der Waals surface area contributed by atoms with Crippen LogP contribution in [0.5, 0.6) is 11.5 Å². The van der Waals surface area contributed by atoms with E-state index in [-0.39, 0.29) is 5.69 Å². The normalized spacial score (nSPS) is 11.1. The monoisotopic (exact) mass is 511 g/mol. The van der Waals surface area contributed by atoms with Crippen molar-refractivity contribution in [3.05, 3.63) is 112 Å². The zero-order valence-electron chi connectivity index (χ0n) is 20.5. The molecule has 1 N–H and O–H groups in total. The van der Waals surface area contributed by atoms with Gasteiger partial charge >= 0.3 is 5.97 Å². The number of pyridine rings is 1. The van der Waals surface area contributed by atoms with Gasteiger partial charge in [0.15, 0.2) is 11.4 Å². The molecule has 0 aliphatic heterocycles. The number of nitrogens with zero attached hydrogens (tertiary/aromatic N) is 1. The highest BCUT2D eigenvalue weighted by molar-refractivity contribution is 7.21. The number of benzene rings is 3. The number of hydrogen-bond donors (Lipinski definition) is 1. The maximum atomic E-state index is 13.4. The molecule has 0 fully saturated rings. The summed E-state index contributed by atoms with van der Waals surface area (Å²) in [5.41, 5.74) is 2.81. The van der Waals surface area contributed by atoms with E-state index < -0.39 is 11.5 Å². The average Bonchev–Trinajstić information content (AvgIpc) is 3.30. The fourth-order valence-electron chi connectivity index (χ4n) is 4.66. The zero-order chi connectivity index (χ0) is 26.1. The second kappa shape index (κ2) is 9.95. The maximum Gasteiger partial charge on any atom is 0.354 e. The van der Waals surface area contributed by atoms with E-state index in [9.17, 15) is 14.7 Å². The Bertz CT molecular complexity index is 1720. The second-order valence-corrected chi connectivity index (χ2v) is 9.66. The summed E-state index contributed by atoms with van der Waals surface area (Å²) in [4.78, 5) is 26.7. The van der Waals surface area contributed by atoms with Crippen LogP contribution in [-0.2, 0) is 6.42 Å². The number of fused-ring (bicyclic) bond motifs is 2. The van der Waals surface area contributed by atoms with Crippen molar-refractivity contribution >= 4 is 32.9 Å². The topological polar surface area (TPSA) is 77.2 Å². The Balaban J connectivity index is 1.69. The molecule has 0 atom stereocenters. The molecule has 3 aromatic carbocycles. The minimum Gasteiger partial charge on any atom is -0.493 e. The quantitative estimate of drug-likeness (QED) is 0.246. The van der Waals surface area contributed by atoms with E-state index in [1.54, 1.807) is 25.3 Å². The molecular weight excluding hydrogens is 486 g/mol. The van der Waals surface area contributed by atoms with Crippen LogP contribution in [0.2, 0.25) is 0 Å². The SMILES string of the molecule is C=CCOc1ccc(-c2sc3c(OC)c(Cc4cccc5ccccc45)cc(=O)n3c2C(=O)O)cc1C. The lowest BCUT2D eigenvalue weighted by Crippen LogP contribution is -2.19. The van der Waals surface area contributed by atoms with Crippen molar-refractivity contribution < 1.29 is 19.4 Å². The fraction of sp³-hybridized carbons (Fsp3) is 0.133. The molecule has 0 aliphatic carbocycles. The molecule has 0 saturated carbocycles. The number of aromatic carboxylic acids is 1. The minimum absolute atomic E-state index is 0.0841. The number of rotatable bonds is 8. The first kappa shape index (κ1) is 24.3. The summed E-state index contributed by atoms with van der Waals surface area (Å²) in [5.74, 6) is -0.000423. The molecule has 0 spiro atoms. The largest absolute Gasteiger partial charge is 0.493 e. The number of methoxy groups -OCH3 is 1. The Morgan fingerprint density at radius 3 is 2.59 bits per heavy atom. The number of ether oxygens (including phenoxy) is 2. The summed E-state index contributed by atoms with van der Waals surface area (Å²) in [7, 11) is 1.54. The number of carboxylic acids is 1. The average molecular weight is 512 g/mol. The highest BCUT2D eigenvalue weighted by Crippen LogP contribution is 2.40. The van der Waals surface area contributed by atoms with E-state index in [0.717, 1.165) is 21.9 Å². The van der Waals surface area contributed by atoms with Gasteiger partial charge in [-0.25, -0.2) is 4.79 Å². The van der Waals surface area contributed by atoms with Crippen LogP contribution in [0.3, 0.4) is 0 Å². The third kappa shape index (κ3) is 4.38. The standard InChI is InChI=1S/C30H25NO5S/c1-4-14-36-24-13-12-21(15-18(24)2)28-26(30(33)34)31-25(32)17-22(27(35-3)29(31)37-28)16-20-10-7-9-19-8-5-6-11-23(19)20/h4-13,15,17H,1,14,16H2,2-3H3,(H,33,34). The molecule has 7 heteroatoms. The fourth-order valence-corrected chi connectivity index (χ4v) is 5.95. The first-order valence-corrected chi connectivity index (χ1v) is 12.5. The van der Waals surface area contributed by atoms with Gasteiger partial charge in [-0.05, 0) is 52.6 Å². The highest BCUT2D eigenvalue weighted by Gasteiger charge is 2.25. The van der Waals surface area contributed by atoms with Crippen molar-refractivity contribution in [3.8, 4) is 21.9 Å². The Labute approximate surface area is 217 Å². The second-order valence-electron chi connectivity index (χ2n) is 8.66. The van der Waals surface area contributed by atoms with Gasteiger partial charge in [0.25, 0.3) is 5.56 Å². The van der Waals surface area contributed by atoms with E-state index in [1.807, 2.05) is 37.3 Å². The molecule has 37 heavy (non-hydrogen) atoms. The van der Waals surface area contributed by atoms with Gasteiger partial charge in [0.05, 0.1) is 12.0 Å². The van der Waals surface area contributed by atoms with Crippen LogP contribution in [0.15, 0.2) is 84.2 Å². The molecule has 2 aromatic heterocycles. The van der Waals surface area contributed by atoms with Crippen molar-refractivity contribution in [2.24, 2.45) is 0 Å². The highest BCUT2D eigenvalue weighted by atomic mass is 32.1. The van der Waals surface area contributed by atoms with Gasteiger partial charge in [0.1, 0.15) is 17.2 Å². The smallest absolute Gasteiger partial charge is 0.354 e. The van der Waals surface area contributed by atoms with Crippen LogP contribution in [0.1, 0.15) is 27.2 Å². The molecule has 6 nitrogen and oxygen atoms in total. The summed E-state index contributed by atoms with van der Waals surface area (Å²) in [6.07, 6.45) is 2.14. The Kier molecular flexibility index (Phi) is 6.54. The molecule has 0 amide bonds. The number of carboxylic acid groups (broad SMARTS) is 1. The summed E-state index contributed by atoms with van der Waals surface area (Å²) < 4.78 is 12.7. The molecule has 0 bridgehead atoms. The van der Waals surface area contributed by atoms with Gasteiger partial charge < -0.3 is 14.6 Å². The van der Waals surface area contributed by atoms with E-state index in [0.29, 0.717) is 45.4 Å². The van der Waals surface area contributed by atoms with Gasteiger partial charge in [0, 0.05) is 18.1 Å². The predicted molar refractivity (Wildman–Crippen MR) is 148 cm³/mol. The summed E-state index contributed by atoms with van der Waals surface area (Å²) in [5, 5.41) is 12.3. The Morgan fingerprint density at radius 2 is 1.86 bits per heavy atom. The van der Waals surface area contributed by atoms with Crippen molar-refractivity contribution in [1.82, 2.24) is 4.40 Å². The van der Waals surface area contributed by atoms with Crippen molar-refractivity contribution in [2.75, 3.05) is 13.7 Å². The predicted octanol–water partition coefficient (Wildman–Crippen LogP) is 6.35. The Hall–Kier alpha value is -4.36. The van der Waals surface area contributed by atoms with Gasteiger partial charge in [-0.1, -0.05) is 55.1 Å². The molecule has 186 valence electrons. The molecular formula is C30H25NO5S. The van der Waals surface area contributed by atoms with Crippen molar-refractivity contribution in [1.29, 1.82) is 0 Å². The van der Waals surface area contributed by atoms with Crippen LogP contribution in [0, 0.1) is 6.92 Å². The van der Waals surface area contributed by atoms with Crippen LogP contribution in [0.4, 0.5) is 0 Å². The third-order valence-corrected chi connectivity index (χ3v) is 7.50. The minimum atomic E-state index is -1.18. The van der Waals surface area contributed by atoms with Crippen LogP contribution >= 0.6 is 11.3 Å². The first-order chi connectivity index (χ1) is 17.9. The lowest BCUT2D eigenvalue weighted by atomic mass is 9.98. The maximum absolute atomic E-state index is 13.4. The lowest BCUT2D eigenvalue weighted by Gasteiger charge is -2.12. The summed E-state index contributed by atoms with van der Waals surface area (Å²) in [6.45, 7) is 5.93. The van der Waals surface area contributed by atoms with E-state index in [4.69, 9.17) is 9.47 Å². The van der Waals surface area contributed by atoms with Gasteiger partial charge in [0.2, 0.25) is 0 Å².